The Morgan fingerprint density at radius 3 is 2.52 bits per heavy atom. The van der Waals surface area contributed by atoms with Gasteiger partial charge in [-0.1, -0.05) is 6.07 Å². The van der Waals surface area contributed by atoms with Gasteiger partial charge in [0, 0.05) is 50.0 Å². The van der Waals surface area contributed by atoms with E-state index in [1.54, 1.807) is 40.2 Å². The first-order chi connectivity index (χ1) is 14.9. The Bertz CT molecular complexity index is 1020. The number of piperidine rings is 1. The molecule has 162 valence electrons. The maximum atomic E-state index is 12.7. The molecule has 31 heavy (non-hydrogen) atoms. The molecule has 0 unspecified atom stereocenters. The molecular weight excluding hydrogens is 415 g/mol. The van der Waals surface area contributed by atoms with Crippen LogP contribution in [0.5, 0.6) is 11.6 Å². The number of benzene rings is 1. The summed E-state index contributed by atoms with van der Waals surface area (Å²) in [7, 11) is 0. The molecule has 1 fully saturated rings. The van der Waals surface area contributed by atoms with Crippen LogP contribution in [0.15, 0.2) is 54.9 Å². The Morgan fingerprint density at radius 2 is 1.87 bits per heavy atom. The molecule has 0 atom stereocenters. The smallest absolute Gasteiger partial charge is 0.473 e. The van der Waals surface area contributed by atoms with Gasteiger partial charge in [0.2, 0.25) is 5.88 Å². The average Bonchev–Trinajstić information content (AvgIpc) is 3.28. The SMILES string of the molecule is O=C(c1cccc(OC(F)(F)F)c1)N1CCC(Oc2ccc(-n3cccn3)nn2)CC1. The van der Waals surface area contributed by atoms with Gasteiger partial charge < -0.3 is 14.4 Å². The van der Waals surface area contributed by atoms with Crippen molar-refractivity contribution in [3.63, 3.8) is 0 Å². The molecule has 1 aromatic carbocycles. The van der Waals surface area contributed by atoms with Gasteiger partial charge in [-0.05, 0) is 30.3 Å². The van der Waals surface area contributed by atoms with Gasteiger partial charge in [0.1, 0.15) is 11.9 Å². The van der Waals surface area contributed by atoms with E-state index < -0.39 is 12.1 Å². The molecule has 3 heterocycles. The zero-order chi connectivity index (χ0) is 21.8. The van der Waals surface area contributed by atoms with Crippen molar-refractivity contribution in [3.05, 3.63) is 60.4 Å². The van der Waals surface area contributed by atoms with Gasteiger partial charge in [-0.3, -0.25) is 4.79 Å². The van der Waals surface area contributed by atoms with Crippen molar-refractivity contribution in [1.82, 2.24) is 24.9 Å². The number of alkyl halides is 3. The fraction of sp³-hybridized carbons (Fsp3) is 0.300. The molecule has 0 N–H and O–H groups in total. The Hall–Kier alpha value is -3.63. The lowest BCUT2D eigenvalue weighted by atomic mass is 10.1. The van der Waals surface area contributed by atoms with E-state index in [0.717, 1.165) is 12.1 Å². The van der Waals surface area contributed by atoms with E-state index in [4.69, 9.17) is 4.74 Å². The lowest BCUT2D eigenvalue weighted by molar-refractivity contribution is -0.274. The highest BCUT2D eigenvalue weighted by molar-refractivity contribution is 5.94. The van der Waals surface area contributed by atoms with Crippen LogP contribution in [-0.4, -0.2) is 56.3 Å². The van der Waals surface area contributed by atoms with Crippen LogP contribution in [0.3, 0.4) is 0 Å². The number of carbonyl (C=O) groups is 1. The molecule has 8 nitrogen and oxygen atoms in total. The number of aromatic nitrogens is 4. The summed E-state index contributed by atoms with van der Waals surface area (Å²) >= 11 is 0. The van der Waals surface area contributed by atoms with Crippen molar-refractivity contribution in [2.24, 2.45) is 0 Å². The van der Waals surface area contributed by atoms with E-state index in [-0.39, 0.29) is 17.6 Å². The lowest BCUT2D eigenvalue weighted by Crippen LogP contribution is -2.41. The second-order valence-corrected chi connectivity index (χ2v) is 6.87. The Morgan fingerprint density at radius 1 is 1.06 bits per heavy atom. The third-order valence-electron chi connectivity index (χ3n) is 4.70. The minimum atomic E-state index is -4.81. The van der Waals surface area contributed by atoms with Gasteiger partial charge in [0.15, 0.2) is 5.82 Å². The normalized spacial score (nSPS) is 15.0. The van der Waals surface area contributed by atoms with Crippen LogP contribution < -0.4 is 9.47 Å². The van der Waals surface area contributed by atoms with Crippen LogP contribution in [0.2, 0.25) is 0 Å². The number of nitrogens with zero attached hydrogens (tertiary/aromatic N) is 5. The Kier molecular flexibility index (Phi) is 5.74. The fourth-order valence-corrected chi connectivity index (χ4v) is 3.26. The molecule has 0 bridgehead atoms. The maximum absolute atomic E-state index is 12.7. The summed E-state index contributed by atoms with van der Waals surface area (Å²) in [5.74, 6) is 0.162. The summed E-state index contributed by atoms with van der Waals surface area (Å²) in [6.45, 7) is 0.819. The minimum Gasteiger partial charge on any atom is -0.473 e. The first kappa shape index (κ1) is 20.6. The fourth-order valence-electron chi connectivity index (χ4n) is 3.26. The van der Waals surface area contributed by atoms with Gasteiger partial charge >= 0.3 is 6.36 Å². The summed E-state index contributed by atoms with van der Waals surface area (Å²) < 4.78 is 48.5. The zero-order valence-electron chi connectivity index (χ0n) is 16.2. The average molecular weight is 433 g/mol. The first-order valence-corrected chi connectivity index (χ1v) is 9.53. The van der Waals surface area contributed by atoms with E-state index in [9.17, 15) is 18.0 Å². The maximum Gasteiger partial charge on any atom is 0.573 e. The number of likely N-dealkylation sites (tertiary alicyclic amines) is 1. The summed E-state index contributed by atoms with van der Waals surface area (Å²) in [6.07, 6.45) is -0.436. The van der Waals surface area contributed by atoms with Crippen molar-refractivity contribution in [2.45, 2.75) is 25.3 Å². The highest BCUT2D eigenvalue weighted by atomic mass is 19.4. The van der Waals surface area contributed by atoms with Gasteiger partial charge in [-0.15, -0.1) is 23.4 Å². The summed E-state index contributed by atoms with van der Waals surface area (Å²) in [6, 6.07) is 10.3. The van der Waals surface area contributed by atoms with Crippen LogP contribution >= 0.6 is 0 Å². The van der Waals surface area contributed by atoms with Crippen LogP contribution in [0.4, 0.5) is 13.2 Å². The van der Waals surface area contributed by atoms with E-state index >= 15 is 0 Å². The molecule has 11 heteroatoms. The third-order valence-corrected chi connectivity index (χ3v) is 4.70. The Labute approximate surface area is 175 Å². The first-order valence-electron chi connectivity index (χ1n) is 9.53. The molecular formula is C20H18F3N5O3. The van der Waals surface area contributed by atoms with Gasteiger partial charge in [0.25, 0.3) is 5.91 Å². The van der Waals surface area contributed by atoms with Crippen molar-refractivity contribution < 1.29 is 27.4 Å². The number of carbonyl (C=O) groups excluding carboxylic acids is 1. The molecule has 1 amide bonds. The predicted octanol–water partition coefficient (Wildman–Crippen LogP) is 3.24. The van der Waals surface area contributed by atoms with E-state index in [0.29, 0.717) is 37.6 Å². The largest absolute Gasteiger partial charge is 0.573 e. The molecule has 0 saturated carbocycles. The highest BCUT2D eigenvalue weighted by Crippen LogP contribution is 2.25. The van der Waals surface area contributed by atoms with Gasteiger partial charge in [0.05, 0.1) is 0 Å². The molecule has 1 saturated heterocycles. The molecule has 0 aliphatic carbocycles. The van der Waals surface area contributed by atoms with Crippen molar-refractivity contribution in [1.29, 1.82) is 0 Å². The standard InChI is InChI=1S/C20H18F3N5O3/c21-20(22,23)31-16-4-1-3-14(13-16)19(29)27-11-7-15(8-12-27)30-18-6-5-17(25-26-18)28-10-2-9-24-28/h1-6,9-10,13,15H,7-8,11-12H2. The number of hydrogen-bond donors (Lipinski definition) is 0. The Balaban J connectivity index is 1.31. The molecule has 3 aromatic rings. The second-order valence-electron chi connectivity index (χ2n) is 6.87. The number of hydrogen-bond acceptors (Lipinski definition) is 6. The molecule has 1 aliphatic rings. The summed E-state index contributed by atoms with van der Waals surface area (Å²) in [4.78, 5) is 14.2. The van der Waals surface area contributed by atoms with Crippen molar-refractivity contribution in [3.8, 4) is 17.4 Å². The lowest BCUT2D eigenvalue weighted by Gasteiger charge is -2.32. The van der Waals surface area contributed by atoms with Gasteiger partial charge in [-0.2, -0.15) is 5.10 Å². The molecule has 0 spiro atoms. The number of rotatable bonds is 5. The quantitative estimate of drug-likeness (QED) is 0.615. The van der Waals surface area contributed by atoms with Crippen LogP contribution in [0.25, 0.3) is 5.82 Å². The predicted molar refractivity (Wildman–Crippen MR) is 102 cm³/mol. The summed E-state index contributed by atoms with van der Waals surface area (Å²) in [5, 5.41) is 12.2. The van der Waals surface area contributed by atoms with Crippen molar-refractivity contribution in [2.75, 3.05) is 13.1 Å². The zero-order valence-corrected chi connectivity index (χ0v) is 16.2. The molecule has 1 aliphatic heterocycles. The molecule has 4 rings (SSSR count). The summed E-state index contributed by atoms with van der Waals surface area (Å²) in [5.41, 5.74) is 0.140. The second kappa shape index (κ2) is 8.62. The van der Waals surface area contributed by atoms with E-state index in [1.165, 1.54) is 12.1 Å². The number of amides is 1. The third kappa shape index (κ3) is 5.30. The van der Waals surface area contributed by atoms with E-state index in [1.807, 2.05) is 0 Å². The monoisotopic (exact) mass is 433 g/mol. The van der Waals surface area contributed by atoms with Gasteiger partial charge in [-0.25, -0.2) is 4.68 Å². The van der Waals surface area contributed by atoms with Crippen molar-refractivity contribution >= 4 is 5.91 Å². The van der Waals surface area contributed by atoms with Crippen LogP contribution in [0.1, 0.15) is 23.2 Å². The number of halogens is 3. The van der Waals surface area contributed by atoms with Crippen LogP contribution in [-0.2, 0) is 0 Å². The minimum absolute atomic E-state index is 0.140. The molecule has 2 aromatic heterocycles. The molecule has 0 radical (unpaired) electrons. The number of ether oxygens (including phenoxy) is 2. The highest BCUT2D eigenvalue weighted by Gasteiger charge is 2.31. The van der Waals surface area contributed by atoms with E-state index in [2.05, 4.69) is 20.0 Å². The topological polar surface area (TPSA) is 82.4 Å². The van der Waals surface area contributed by atoms with Crippen LogP contribution in [0, 0.1) is 0 Å².